The zero-order valence-corrected chi connectivity index (χ0v) is 14.3. The lowest BCUT2D eigenvalue weighted by atomic mass is 10.3. The van der Waals surface area contributed by atoms with Crippen LogP contribution in [0.25, 0.3) is 5.65 Å². The molecule has 0 amide bonds. The molecule has 0 saturated heterocycles. The fourth-order valence-electron chi connectivity index (χ4n) is 2.43. The molecule has 8 heteroatoms. The molecular formula is C16H17N3O4S. The monoisotopic (exact) mass is 347 g/mol. The lowest BCUT2D eigenvalue weighted by Crippen LogP contribution is -2.15. The van der Waals surface area contributed by atoms with Crippen LogP contribution in [0.3, 0.4) is 0 Å². The van der Waals surface area contributed by atoms with Gasteiger partial charge in [-0.25, -0.2) is 13.4 Å². The van der Waals surface area contributed by atoms with Gasteiger partial charge in [0.2, 0.25) is 0 Å². The minimum absolute atomic E-state index is 0.0882. The first-order chi connectivity index (χ1) is 11.5. The number of rotatable bonds is 5. The predicted molar refractivity (Wildman–Crippen MR) is 90.3 cm³/mol. The van der Waals surface area contributed by atoms with Gasteiger partial charge in [0.25, 0.3) is 10.0 Å². The number of benzene rings is 1. The van der Waals surface area contributed by atoms with Gasteiger partial charge in [0, 0.05) is 24.2 Å². The van der Waals surface area contributed by atoms with E-state index in [1.165, 1.54) is 26.4 Å². The Morgan fingerprint density at radius 3 is 2.54 bits per heavy atom. The molecular weight excluding hydrogens is 330 g/mol. The van der Waals surface area contributed by atoms with Crippen LogP contribution in [0.5, 0.6) is 11.5 Å². The third kappa shape index (κ3) is 2.76. The standard InChI is InChI=1S/C16H17N3O4S/c1-11-13(5-7-16-17-8-9-19(11)16)18-24(20,21)12-4-6-14(22-2)15(10-12)23-3/h4-10,18H,1-3H3. The molecule has 0 bridgehead atoms. The summed E-state index contributed by atoms with van der Waals surface area (Å²) < 4.78 is 40.0. The van der Waals surface area contributed by atoms with Crippen LogP contribution in [0.2, 0.25) is 0 Å². The molecule has 0 fully saturated rings. The van der Waals surface area contributed by atoms with Crippen LogP contribution in [0.15, 0.2) is 47.6 Å². The van der Waals surface area contributed by atoms with E-state index in [2.05, 4.69) is 9.71 Å². The summed E-state index contributed by atoms with van der Waals surface area (Å²) in [6, 6.07) is 7.88. The zero-order valence-electron chi connectivity index (χ0n) is 13.5. The molecule has 3 aromatic rings. The number of nitrogens with zero attached hydrogens (tertiary/aromatic N) is 2. The van der Waals surface area contributed by atoms with Gasteiger partial charge in [0.15, 0.2) is 11.5 Å². The summed E-state index contributed by atoms with van der Waals surface area (Å²) in [7, 11) is -0.813. The highest BCUT2D eigenvalue weighted by Gasteiger charge is 2.18. The van der Waals surface area contributed by atoms with E-state index >= 15 is 0 Å². The normalized spacial score (nSPS) is 11.5. The number of hydrogen-bond acceptors (Lipinski definition) is 5. The number of anilines is 1. The average molecular weight is 347 g/mol. The van der Waals surface area contributed by atoms with Crippen LogP contribution in [-0.4, -0.2) is 32.0 Å². The van der Waals surface area contributed by atoms with E-state index in [1.54, 1.807) is 30.6 Å². The Balaban J connectivity index is 2.00. The van der Waals surface area contributed by atoms with E-state index in [1.807, 2.05) is 11.3 Å². The largest absolute Gasteiger partial charge is 0.493 e. The molecule has 7 nitrogen and oxygen atoms in total. The van der Waals surface area contributed by atoms with Gasteiger partial charge in [-0.2, -0.15) is 0 Å². The minimum Gasteiger partial charge on any atom is -0.493 e. The van der Waals surface area contributed by atoms with E-state index in [0.717, 1.165) is 11.3 Å². The van der Waals surface area contributed by atoms with Gasteiger partial charge in [0.1, 0.15) is 5.65 Å². The van der Waals surface area contributed by atoms with Crippen LogP contribution in [0.1, 0.15) is 5.69 Å². The average Bonchev–Trinajstić information content (AvgIpc) is 3.06. The van der Waals surface area contributed by atoms with E-state index in [9.17, 15) is 8.42 Å². The molecule has 1 N–H and O–H groups in total. The maximum atomic E-state index is 12.7. The molecule has 126 valence electrons. The molecule has 0 spiro atoms. The Kier molecular flexibility index (Phi) is 4.06. The summed E-state index contributed by atoms with van der Waals surface area (Å²) in [5, 5.41) is 0. The molecule has 0 radical (unpaired) electrons. The number of nitrogens with one attached hydrogen (secondary N) is 1. The summed E-state index contributed by atoms with van der Waals surface area (Å²) in [5.74, 6) is 0.814. The second-order valence-corrected chi connectivity index (χ2v) is 6.79. The lowest BCUT2D eigenvalue weighted by Gasteiger charge is -2.13. The summed E-state index contributed by atoms with van der Waals surface area (Å²) in [6.45, 7) is 1.82. The number of aromatic nitrogens is 2. The van der Waals surface area contributed by atoms with Crippen LogP contribution in [0, 0.1) is 6.92 Å². The summed E-state index contributed by atoms with van der Waals surface area (Å²) in [4.78, 5) is 4.26. The van der Waals surface area contributed by atoms with Crippen LogP contribution < -0.4 is 14.2 Å². The van der Waals surface area contributed by atoms with Gasteiger partial charge in [-0.1, -0.05) is 0 Å². The fourth-order valence-corrected chi connectivity index (χ4v) is 3.56. The summed E-state index contributed by atoms with van der Waals surface area (Å²) >= 11 is 0. The van der Waals surface area contributed by atoms with Gasteiger partial charge in [0.05, 0.1) is 24.8 Å². The minimum atomic E-state index is -3.76. The first-order valence-corrected chi connectivity index (χ1v) is 8.62. The van der Waals surface area contributed by atoms with Crippen molar-refractivity contribution in [2.24, 2.45) is 0 Å². The zero-order chi connectivity index (χ0) is 17.3. The Bertz CT molecular complexity index is 996. The summed E-state index contributed by atoms with van der Waals surface area (Å²) in [6.07, 6.45) is 3.44. The van der Waals surface area contributed by atoms with Crippen molar-refractivity contribution in [3.63, 3.8) is 0 Å². The lowest BCUT2D eigenvalue weighted by molar-refractivity contribution is 0.354. The molecule has 0 saturated carbocycles. The number of pyridine rings is 1. The van der Waals surface area contributed by atoms with E-state index in [-0.39, 0.29) is 4.90 Å². The van der Waals surface area contributed by atoms with Crippen molar-refractivity contribution in [2.45, 2.75) is 11.8 Å². The molecule has 24 heavy (non-hydrogen) atoms. The Morgan fingerprint density at radius 2 is 1.83 bits per heavy atom. The number of ether oxygens (including phenoxy) is 2. The number of aryl methyl sites for hydroxylation is 1. The first kappa shape index (κ1) is 16.1. The number of imidazole rings is 1. The molecule has 1 aromatic carbocycles. The van der Waals surface area contributed by atoms with E-state index < -0.39 is 10.0 Å². The predicted octanol–water partition coefficient (Wildman–Crippen LogP) is 2.46. The van der Waals surface area contributed by atoms with Crippen LogP contribution in [0.4, 0.5) is 5.69 Å². The van der Waals surface area contributed by atoms with E-state index in [4.69, 9.17) is 9.47 Å². The van der Waals surface area contributed by atoms with Crippen molar-refractivity contribution in [3.05, 3.63) is 48.4 Å². The molecule has 0 aliphatic rings. The van der Waals surface area contributed by atoms with Gasteiger partial charge >= 0.3 is 0 Å². The summed E-state index contributed by atoms with van der Waals surface area (Å²) in [5.41, 5.74) is 1.98. The van der Waals surface area contributed by atoms with Crippen molar-refractivity contribution in [2.75, 3.05) is 18.9 Å². The Hall–Kier alpha value is -2.74. The maximum Gasteiger partial charge on any atom is 0.262 e. The van der Waals surface area contributed by atoms with Gasteiger partial charge in [-0.15, -0.1) is 0 Å². The highest BCUT2D eigenvalue weighted by atomic mass is 32.2. The molecule has 3 rings (SSSR count). The molecule has 0 atom stereocenters. The fraction of sp³-hybridized carbons (Fsp3) is 0.188. The highest BCUT2D eigenvalue weighted by Crippen LogP contribution is 2.30. The van der Waals surface area contributed by atoms with Crippen LogP contribution >= 0.6 is 0 Å². The Labute approximate surface area is 139 Å². The van der Waals surface area contributed by atoms with Crippen molar-refractivity contribution in [1.29, 1.82) is 0 Å². The SMILES string of the molecule is COc1ccc(S(=O)(=O)Nc2ccc3nccn3c2C)cc1OC. The highest BCUT2D eigenvalue weighted by molar-refractivity contribution is 7.92. The van der Waals surface area contributed by atoms with Gasteiger partial charge in [-0.05, 0) is 31.2 Å². The number of hydrogen-bond donors (Lipinski definition) is 1. The van der Waals surface area contributed by atoms with Gasteiger partial charge in [-0.3, -0.25) is 4.72 Å². The number of sulfonamides is 1. The maximum absolute atomic E-state index is 12.7. The first-order valence-electron chi connectivity index (χ1n) is 7.14. The molecule has 2 heterocycles. The third-order valence-corrected chi connectivity index (χ3v) is 5.09. The topological polar surface area (TPSA) is 81.9 Å². The third-order valence-electron chi connectivity index (χ3n) is 3.73. The number of methoxy groups -OCH3 is 2. The van der Waals surface area contributed by atoms with Crippen molar-refractivity contribution in [1.82, 2.24) is 9.38 Å². The second kappa shape index (κ2) is 6.04. The Morgan fingerprint density at radius 1 is 1.08 bits per heavy atom. The number of fused-ring (bicyclic) bond motifs is 1. The quantitative estimate of drug-likeness (QED) is 0.767. The second-order valence-electron chi connectivity index (χ2n) is 5.11. The molecule has 0 unspecified atom stereocenters. The smallest absolute Gasteiger partial charge is 0.262 e. The van der Waals surface area contributed by atoms with Crippen molar-refractivity contribution in [3.8, 4) is 11.5 Å². The molecule has 0 aliphatic heterocycles. The molecule has 0 aliphatic carbocycles. The van der Waals surface area contributed by atoms with E-state index in [0.29, 0.717) is 17.2 Å². The molecule has 2 aromatic heterocycles. The van der Waals surface area contributed by atoms with Crippen molar-refractivity contribution < 1.29 is 17.9 Å². The van der Waals surface area contributed by atoms with Crippen molar-refractivity contribution >= 4 is 21.4 Å². The van der Waals surface area contributed by atoms with Gasteiger partial charge < -0.3 is 13.9 Å². The van der Waals surface area contributed by atoms with Crippen LogP contribution in [-0.2, 0) is 10.0 Å².